The lowest BCUT2D eigenvalue weighted by Crippen LogP contribution is -3.14. The highest BCUT2D eigenvalue weighted by Gasteiger charge is 2.37. The molecular formula is C17H21N2O2S+. The Morgan fingerprint density at radius 3 is 2.73 bits per heavy atom. The van der Waals surface area contributed by atoms with Crippen LogP contribution in [0.5, 0.6) is 0 Å². The summed E-state index contributed by atoms with van der Waals surface area (Å²) in [6.07, 6.45) is 5.46. The summed E-state index contributed by atoms with van der Waals surface area (Å²) in [6, 6.07) is 7.95. The van der Waals surface area contributed by atoms with Crippen molar-refractivity contribution < 1.29 is 14.5 Å². The first kappa shape index (κ1) is 15.3. The second-order valence-corrected chi connectivity index (χ2v) is 6.99. The SMILES string of the molecule is Cc1cccc(/C=C2\SC(=O)N(C[NH+]3CCCCC3)C2=O)c1. The summed E-state index contributed by atoms with van der Waals surface area (Å²) in [4.78, 5) is 27.9. The van der Waals surface area contributed by atoms with Gasteiger partial charge < -0.3 is 4.90 Å². The van der Waals surface area contributed by atoms with Crippen LogP contribution in [-0.2, 0) is 4.79 Å². The van der Waals surface area contributed by atoms with Gasteiger partial charge in [0.1, 0.15) is 0 Å². The van der Waals surface area contributed by atoms with Crippen LogP contribution in [0, 0.1) is 6.92 Å². The van der Waals surface area contributed by atoms with Crippen LogP contribution in [0.3, 0.4) is 0 Å². The van der Waals surface area contributed by atoms with Gasteiger partial charge in [-0.2, -0.15) is 0 Å². The van der Waals surface area contributed by atoms with Crippen molar-refractivity contribution in [1.82, 2.24) is 4.90 Å². The van der Waals surface area contributed by atoms with E-state index in [0.717, 1.165) is 36.0 Å². The third-order valence-corrected chi connectivity index (χ3v) is 5.06. The summed E-state index contributed by atoms with van der Waals surface area (Å²) in [7, 11) is 0. The fourth-order valence-corrected chi connectivity index (χ4v) is 3.82. The number of hydrogen-bond acceptors (Lipinski definition) is 3. The van der Waals surface area contributed by atoms with Crippen LogP contribution < -0.4 is 4.90 Å². The van der Waals surface area contributed by atoms with Gasteiger partial charge in [0.25, 0.3) is 11.1 Å². The van der Waals surface area contributed by atoms with Gasteiger partial charge in [0.2, 0.25) is 0 Å². The monoisotopic (exact) mass is 317 g/mol. The summed E-state index contributed by atoms with van der Waals surface area (Å²) in [6.45, 7) is 4.63. The van der Waals surface area contributed by atoms with Gasteiger partial charge in [0.15, 0.2) is 6.67 Å². The number of carbonyl (C=O) groups is 2. The molecule has 3 rings (SSSR count). The molecule has 2 fully saturated rings. The molecule has 0 atom stereocenters. The van der Waals surface area contributed by atoms with E-state index in [1.54, 1.807) is 0 Å². The Morgan fingerprint density at radius 1 is 1.23 bits per heavy atom. The number of carbonyl (C=O) groups excluding carboxylic acids is 2. The molecule has 0 bridgehead atoms. The molecule has 0 saturated carbocycles. The number of aryl methyl sites for hydroxylation is 1. The lowest BCUT2D eigenvalue weighted by atomic mass is 10.1. The van der Waals surface area contributed by atoms with Crippen LogP contribution in [0.1, 0.15) is 30.4 Å². The number of quaternary nitrogens is 1. The molecule has 1 N–H and O–H groups in total. The average Bonchev–Trinajstić information content (AvgIpc) is 2.76. The summed E-state index contributed by atoms with van der Waals surface area (Å²) < 4.78 is 0. The van der Waals surface area contributed by atoms with Gasteiger partial charge >= 0.3 is 0 Å². The fourth-order valence-electron chi connectivity index (χ4n) is 2.98. The average molecular weight is 317 g/mol. The molecule has 0 unspecified atom stereocenters. The maximum atomic E-state index is 12.5. The largest absolute Gasteiger partial charge is 0.317 e. The van der Waals surface area contributed by atoms with Crippen molar-refractivity contribution in [2.24, 2.45) is 0 Å². The van der Waals surface area contributed by atoms with Crippen LogP contribution in [0.2, 0.25) is 0 Å². The maximum absolute atomic E-state index is 12.5. The smallest absolute Gasteiger partial charge is 0.298 e. The quantitative estimate of drug-likeness (QED) is 0.868. The molecule has 1 aromatic carbocycles. The highest BCUT2D eigenvalue weighted by atomic mass is 32.2. The van der Waals surface area contributed by atoms with Crippen LogP contribution in [0.15, 0.2) is 29.2 Å². The van der Waals surface area contributed by atoms with E-state index in [0.29, 0.717) is 11.6 Å². The molecule has 2 aliphatic rings. The van der Waals surface area contributed by atoms with E-state index in [1.807, 2.05) is 37.3 Å². The van der Waals surface area contributed by atoms with E-state index in [9.17, 15) is 9.59 Å². The summed E-state index contributed by atoms with van der Waals surface area (Å²) in [5.41, 5.74) is 2.11. The van der Waals surface area contributed by atoms with Crippen molar-refractivity contribution >= 4 is 29.0 Å². The summed E-state index contributed by atoms with van der Waals surface area (Å²) in [5, 5.41) is -0.137. The van der Waals surface area contributed by atoms with Gasteiger partial charge in [-0.15, -0.1) is 0 Å². The number of hydrogen-bond donors (Lipinski definition) is 1. The minimum absolute atomic E-state index is 0.137. The van der Waals surface area contributed by atoms with Gasteiger partial charge in [-0.3, -0.25) is 9.59 Å². The number of nitrogens with zero attached hydrogens (tertiary/aromatic N) is 1. The molecule has 1 aromatic rings. The van der Waals surface area contributed by atoms with Crippen molar-refractivity contribution in [3.63, 3.8) is 0 Å². The minimum Gasteiger partial charge on any atom is -0.317 e. The standard InChI is InChI=1S/C17H20N2O2S/c1-13-6-5-7-14(10-13)11-15-16(20)19(17(21)22-15)12-18-8-3-2-4-9-18/h5-7,10-11H,2-4,8-9,12H2,1H3/p+1/b15-11-. The molecular weight excluding hydrogens is 296 g/mol. The van der Waals surface area contributed by atoms with Crippen LogP contribution in [0.4, 0.5) is 4.79 Å². The number of imide groups is 1. The van der Waals surface area contributed by atoms with E-state index in [1.165, 1.54) is 29.1 Å². The molecule has 0 aromatic heterocycles. The van der Waals surface area contributed by atoms with E-state index in [-0.39, 0.29) is 11.1 Å². The van der Waals surface area contributed by atoms with E-state index >= 15 is 0 Å². The molecule has 22 heavy (non-hydrogen) atoms. The number of rotatable bonds is 3. The third kappa shape index (κ3) is 3.42. The molecule has 116 valence electrons. The van der Waals surface area contributed by atoms with E-state index in [4.69, 9.17) is 0 Å². The van der Waals surface area contributed by atoms with Gasteiger partial charge in [-0.25, -0.2) is 4.90 Å². The Morgan fingerprint density at radius 2 is 2.00 bits per heavy atom. The highest BCUT2D eigenvalue weighted by Crippen LogP contribution is 2.31. The first-order chi connectivity index (χ1) is 10.6. The molecule has 0 spiro atoms. The van der Waals surface area contributed by atoms with Gasteiger partial charge in [0.05, 0.1) is 18.0 Å². The maximum Gasteiger partial charge on any atom is 0.298 e. The number of thioether (sulfide) groups is 1. The fraction of sp³-hybridized carbons (Fsp3) is 0.412. The van der Waals surface area contributed by atoms with Crippen molar-refractivity contribution in [2.75, 3.05) is 19.8 Å². The van der Waals surface area contributed by atoms with Crippen molar-refractivity contribution in [3.8, 4) is 0 Å². The van der Waals surface area contributed by atoms with Gasteiger partial charge in [-0.05, 0) is 49.6 Å². The number of piperidine rings is 1. The first-order valence-corrected chi connectivity index (χ1v) is 8.61. The second kappa shape index (κ2) is 6.67. The topological polar surface area (TPSA) is 41.8 Å². The molecule has 0 radical (unpaired) electrons. The predicted octanol–water partition coefficient (Wildman–Crippen LogP) is 2.06. The Labute approximate surface area is 135 Å². The zero-order valence-electron chi connectivity index (χ0n) is 12.8. The van der Waals surface area contributed by atoms with Crippen molar-refractivity contribution in [1.29, 1.82) is 0 Å². The molecule has 0 aliphatic carbocycles. The Bertz CT molecular complexity index is 621. The number of benzene rings is 1. The number of likely N-dealkylation sites (tertiary alicyclic amines) is 1. The third-order valence-electron chi connectivity index (χ3n) is 4.16. The second-order valence-electron chi connectivity index (χ2n) is 5.99. The normalized spacial score (nSPS) is 21.9. The lowest BCUT2D eigenvalue weighted by molar-refractivity contribution is -0.912. The summed E-state index contributed by atoms with van der Waals surface area (Å²) in [5.74, 6) is -0.144. The Kier molecular flexibility index (Phi) is 4.64. The van der Waals surface area contributed by atoms with Gasteiger partial charge in [-0.1, -0.05) is 29.8 Å². The number of amides is 2. The molecule has 2 heterocycles. The lowest BCUT2D eigenvalue weighted by Gasteiger charge is -2.26. The van der Waals surface area contributed by atoms with Gasteiger partial charge in [0, 0.05) is 0 Å². The minimum atomic E-state index is -0.144. The zero-order valence-corrected chi connectivity index (χ0v) is 13.6. The molecule has 2 amide bonds. The molecule has 2 saturated heterocycles. The van der Waals surface area contributed by atoms with Crippen LogP contribution in [-0.4, -0.2) is 35.8 Å². The molecule has 2 aliphatic heterocycles. The zero-order chi connectivity index (χ0) is 15.5. The first-order valence-electron chi connectivity index (χ1n) is 7.79. The Balaban J connectivity index is 1.73. The van der Waals surface area contributed by atoms with E-state index < -0.39 is 0 Å². The molecule has 4 nitrogen and oxygen atoms in total. The van der Waals surface area contributed by atoms with Crippen LogP contribution >= 0.6 is 11.8 Å². The number of nitrogens with one attached hydrogen (secondary N) is 1. The van der Waals surface area contributed by atoms with E-state index in [2.05, 4.69) is 0 Å². The van der Waals surface area contributed by atoms with Crippen molar-refractivity contribution in [3.05, 3.63) is 40.3 Å². The molecule has 5 heteroatoms. The Hall–Kier alpha value is -1.59. The summed E-state index contributed by atoms with van der Waals surface area (Å²) >= 11 is 1.06. The van der Waals surface area contributed by atoms with Crippen molar-refractivity contribution in [2.45, 2.75) is 26.2 Å². The predicted molar refractivity (Wildman–Crippen MR) is 88.4 cm³/mol. The van der Waals surface area contributed by atoms with Crippen LogP contribution in [0.25, 0.3) is 6.08 Å². The highest BCUT2D eigenvalue weighted by molar-refractivity contribution is 8.18.